The minimum absolute atomic E-state index is 0.0559. The van der Waals surface area contributed by atoms with E-state index in [9.17, 15) is 14.4 Å². The van der Waals surface area contributed by atoms with Crippen LogP contribution in [0.5, 0.6) is 0 Å². The van der Waals surface area contributed by atoms with Crippen LogP contribution >= 0.6 is 0 Å². The van der Waals surface area contributed by atoms with E-state index in [2.05, 4.69) is 10.6 Å². The first kappa shape index (κ1) is 27.1. The highest BCUT2D eigenvalue weighted by Crippen LogP contribution is 2.28. The third-order valence-corrected chi connectivity index (χ3v) is 6.36. The van der Waals surface area contributed by atoms with E-state index in [0.29, 0.717) is 0 Å². The topological polar surface area (TPSA) is 111 Å². The van der Waals surface area contributed by atoms with Gasteiger partial charge in [-0.1, -0.05) is 121 Å². The van der Waals surface area contributed by atoms with Crippen LogP contribution in [0.2, 0.25) is 0 Å². The molecule has 4 N–H and O–H groups in total. The molecule has 0 fully saturated rings. The zero-order valence-electron chi connectivity index (χ0n) is 21.4. The van der Waals surface area contributed by atoms with Gasteiger partial charge >= 0.3 is 6.09 Å². The lowest BCUT2D eigenvalue weighted by Gasteiger charge is -2.28. The summed E-state index contributed by atoms with van der Waals surface area (Å²) in [6.45, 7) is 0.0559. The van der Waals surface area contributed by atoms with Crippen molar-refractivity contribution in [3.8, 4) is 0 Å². The van der Waals surface area contributed by atoms with Gasteiger partial charge in [0.05, 0.1) is 0 Å². The zero-order chi connectivity index (χ0) is 27.5. The molecule has 2 atom stereocenters. The summed E-state index contributed by atoms with van der Waals surface area (Å²) in [5.74, 6) is -1.77. The van der Waals surface area contributed by atoms with Crippen LogP contribution in [0.3, 0.4) is 0 Å². The molecule has 0 aliphatic heterocycles. The van der Waals surface area contributed by atoms with E-state index >= 15 is 0 Å². The number of hydrogen-bond acceptors (Lipinski definition) is 4. The van der Waals surface area contributed by atoms with E-state index in [4.69, 9.17) is 10.5 Å². The van der Waals surface area contributed by atoms with Gasteiger partial charge in [-0.05, 0) is 22.3 Å². The summed E-state index contributed by atoms with van der Waals surface area (Å²) in [7, 11) is 0. The molecular weight excluding hydrogens is 490 g/mol. The molecule has 4 rings (SSSR count). The molecule has 7 nitrogen and oxygen atoms in total. The Morgan fingerprint density at radius 3 is 1.59 bits per heavy atom. The highest BCUT2D eigenvalue weighted by molar-refractivity contribution is 5.92. The van der Waals surface area contributed by atoms with E-state index in [-0.39, 0.29) is 13.0 Å². The monoisotopic (exact) mass is 521 g/mol. The van der Waals surface area contributed by atoms with Crippen molar-refractivity contribution in [3.05, 3.63) is 144 Å². The second-order valence-electron chi connectivity index (χ2n) is 9.14. The van der Waals surface area contributed by atoms with Crippen LogP contribution in [-0.2, 0) is 27.4 Å². The average molecular weight is 522 g/mol. The molecule has 7 heteroatoms. The summed E-state index contributed by atoms with van der Waals surface area (Å²) in [5, 5.41) is 5.50. The number of hydrogen-bond donors (Lipinski definition) is 3. The number of alkyl carbamates (subject to hydrolysis) is 1. The molecule has 4 aromatic rings. The van der Waals surface area contributed by atoms with Crippen LogP contribution in [0.1, 0.15) is 28.2 Å². The lowest BCUT2D eigenvalue weighted by atomic mass is 9.84. The molecule has 0 aliphatic carbocycles. The van der Waals surface area contributed by atoms with Gasteiger partial charge in [0.2, 0.25) is 11.8 Å². The summed E-state index contributed by atoms with van der Waals surface area (Å²) in [4.78, 5) is 39.1. The lowest BCUT2D eigenvalue weighted by molar-refractivity contribution is -0.128. The van der Waals surface area contributed by atoms with E-state index < -0.39 is 35.9 Å². The van der Waals surface area contributed by atoms with E-state index in [0.717, 1.165) is 22.3 Å². The predicted octanol–water partition coefficient (Wildman–Crippen LogP) is 4.33. The third-order valence-electron chi connectivity index (χ3n) is 6.36. The Morgan fingerprint density at radius 1 is 0.641 bits per heavy atom. The number of nitrogens with two attached hydrogens (primary N) is 1. The van der Waals surface area contributed by atoms with Gasteiger partial charge in [0.15, 0.2) is 0 Å². The van der Waals surface area contributed by atoms with E-state index in [1.807, 2.05) is 121 Å². The van der Waals surface area contributed by atoms with Crippen molar-refractivity contribution in [1.29, 1.82) is 0 Å². The van der Waals surface area contributed by atoms with Crippen molar-refractivity contribution in [1.82, 2.24) is 10.6 Å². The maximum Gasteiger partial charge on any atom is 0.408 e. The SMILES string of the molecule is NC(=O)[C@H](NC(=O)[C@@H](Cc1ccccc1)NC(=O)OCc1ccccc1)C(c1ccccc1)c1ccccc1. The average Bonchev–Trinajstić information content (AvgIpc) is 2.97. The van der Waals surface area contributed by atoms with Crippen molar-refractivity contribution >= 4 is 17.9 Å². The van der Waals surface area contributed by atoms with Crippen molar-refractivity contribution in [2.45, 2.75) is 31.0 Å². The second-order valence-corrected chi connectivity index (χ2v) is 9.14. The largest absolute Gasteiger partial charge is 0.445 e. The van der Waals surface area contributed by atoms with Crippen LogP contribution < -0.4 is 16.4 Å². The zero-order valence-corrected chi connectivity index (χ0v) is 21.4. The normalized spacial score (nSPS) is 12.2. The molecule has 3 amide bonds. The first-order valence-corrected chi connectivity index (χ1v) is 12.7. The molecular formula is C32H31N3O4. The van der Waals surface area contributed by atoms with Crippen molar-refractivity contribution in [2.24, 2.45) is 5.73 Å². The molecule has 0 heterocycles. The van der Waals surface area contributed by atoms with E-state index in [1.165, 1.54) is 0 Å². The molecule has 4 aromatic carbocycles. The molecule has 39 heavy (non-hydrogen) atoms. The molecule has 0 aliphatic rings. The number of ether oxygens (including phenoxy) is 1. The summed E-state index contributed by atoms with van der Waals surface area (Å²) in [6, 6.07) is 35.3. The highest BCUT2D eigenvalue weighted by atomic mass is 16.5. The van der Waals surface area contributed by atoms with Crippen LogP contribution in [-0.4, -0.2) is 30.0 Å². The number of benzene rings is 4. The van der Waals surface area contributed by atoms with E-state index in [1.54, 1.807) is 0 Å². The highest BCUT2D eigenvalue weighted by Gasteiger charge is 2.33. The summed E-state index contributed by atoms with van der Waals surface area (Å²) in [5.41, 5.74) is 9.16. The molecule has 0 radical (unpaired) electrons. The molecule has 0 saturated carbocycles. The van der Waals surface area contributed by atoms with Crippen molar-refractivity contribution < 1.29 is 19.1 Å². The van der Waals surface area contributed by atoms with Gasteiger partial charge in [0.25, 0.3) is 0 Å². The first-order valence-electron chi connectivity index (χ1n) is 12.7. The van der Waals surface area contributed by atoms with Crippen molar-refractivity contribution in [2.75, 3.05) is 0 Å². The maximum atomic E-state index is 13.7. The Hall–Kier alpha value is -4.91. The number of rotatable bonds is 11. The first-order chi connectivity index (χ1) is 19.0. The third kappa shape index (κ3) is 7.79. The standard InChI is InChI=1S/C32H31N3O4/c33-30(36)29(28(25-17-9-3-10-18-25)26-19-11-4-12-20-26)35-31(37)27(21-23-13-5-1-6-14-23)34-32(38)39-22-24-15-7-2-8-16-24/h1-20,27-29H,21-22H2,(H2,33,36)(H,34,38)(H,35,37)/t27-,29-/m1/s1. The molecule has 0 unspecified atom stereocenters. The van der Waals surface area contributed by atoms with Gasteiger partial charge in [-0.3, -0.25) is 9.59 Å². The van der Waals surface area contributed by atoms with Gasteiger partial charge in [0, 0.05) is 12.3 Å². The Morgan fingerprint density at radius 2 is 1.10 bits per heavy atom. The number of carbonyl (C=O) groups excluding carboxylic acids is 3. The van der Waals surface area contributed by atoms with Gasteiger partial charge in [-0.25, -0.2) is 4.79 Å². The molecule has 0 saturated heterocycles. The Bertz CT molecular complexity index is 1310. The van der Waals surface area contributed by atoms with Crippen LogP contribution in [0.15, 0.2) is 121 Å². The quantitative estimate of drug-likeness (QED) is 0.273. The van der Waals surface area contributed by atoms with Gasteiger partial charge in [0.1, 0.15) is 18.7 Å². The fourth-order valence-corrected chi connectivity index (χ4v) is 4.44. The molecule has 0 bridgehead atoms. The van der Waals surface area contributed by atoms with Gasteiger partial charge in [-0.15, -0.1) is 0 Å². The molecule has 0 aromatic heterocycles. The number of primary amides is 1. The van der Waals surface area contributed by atoms with Crippen LogP contribution in [0, 0.1) is 0 Å². The minimum Gasteiger partial charge on any atom is -0.445 e. The van der Waals surface area contributed by atoms with Crippen molar-refractivity contribution in [3.63, 3.8) is 0 Å². The molecule has 0 spiro atoms. The Labute approximate surface area is 228 Å². The Kier molecular flexibility index (Phi) is 9.45. The van der Waals surface area contributed by atoms with Crippen LogP contribution in [0.25, 0.3) is 0 Å². The van der Waals surface area contributed by atoms with Gasteiger partial charge < -0.3 is 21.1 Å². The second kappa shape index (κ2) is 13.6. The number of nitrogens with one attached hydrogen (secondary N) is 2. The smallest absolute Gasteiger partial charge is 0.408 e. The summed E-state index contributed by atoms with van der Waals surface area (Å²) < 4.78 is 5.36. The predicted molar refractivity (Wildman–Crippen MR) is 150 cm³/mol. The summed E-state index contributed by atoms with van der Waals surface area (Å²) >= 11 is 0. The Balaban J connectivity index is 1.57. The van der Waals surface area contributed by atoms with Crippen LogP contribution in [0.4, 0.5) is 4.79 Å². The maximum absolute atomic E-state index is 13.7. The number of amides is 3. The van der Waals surface area contributed by atoms with Gasteiger partial charge in [-0.2, -0.15) is 0 Å². The fourth-order valence-electron chi connectivity index (χ4n) is 4.44. The summed E-state index contributed by atoms with van der Waals surface area (Å²) in [6.07, 6.45) is -0.548. The minimum atomic E-state index is -1.07. The fraction of sp³-hybridized carbons (Fsp3) is 0.156. The number of carbonyl (C=O) groups is 3. The lowest BCUT2D eigenvalue weighted by Crippen LogP contribution is -2.55. The molecule has 198 valence electrons.